The van der Waals surface area contributed by atoms with E-state index in [1.807, 2.05) is 0 Å². The molecule has 0 amide bonds. The Hall–Kier alpha value is -0.400. The minimum atomic E-state index is -3.34. The van der Waals surface area contributed by atoms with Gasteiger partial charge in [-0.25, -0.2) is 13.6 Å². The Labute approximate surface area is 160 Å². The summed E-state index contributed by atoms with van der Waals surface area (Å²) in [4.78, 5) is 10.8. The van der Waals surface area contributed by atoms with Crippen LogP contribution in [0.2, 0.25) is 5.02 Å². The van der Waals surface area contributed by atoms with Crippen molar-refractivity contribution in [3.63, 3.8) is 0 Å². The summed E-state index contributed by atoms with van der Waals surface area (Å²) in [5, 5.41) is 9.41. The van der Waals surface area contributed by atoms with Gasteiger partial charge in [-0.1, -0.05) is 11.6 Å². The van der Waals surface area contributed by atoms with Gasteiger partial charge in [0.2, 0.25) is 0 Å². The van der Waals surface area contributed by atoms with Gasteiger partial charge in [0.05, 0.1) is 13.2 Å². The summed E-state index contributed by atoms with van der Waals surface area (Å²) in [6, 6.07) is 6.88. The van der Waals surface area contributed by atoms with Gasteiger partial charge in [-0.05, 0) is 43.5 Å². The van der Waals surface area contributed by atoms with Crippen LogP contribution in [0.15, 0.2) is 24.3 Å². The fraction of sp³-hybridized carbons (Fsp3) is 0.533. The van der Waals surface area contributed by atoms with Gasteiger partial charge >= 0.3 is 35.5 Å². The van der Waals surface area contributed by atoms with E-state index in [9.17, 15) is 13.6 Å². The third kappa shape index (κ3) is 5.29. The van der Waals surface area contributed by atoms with Crippen LogP contribution in [-0.2, 0) is 9.53 Å². The van der Waals surface area contributed by atoms with E-state index in [2.05, 4.69) is 4.74 Å². The van der Waals surface area contributed by atoms with Crippen molar-refractivity contribution in [1.82, 2.24) is 0 Å². The number of aliphatic carboxylic acids is 1. The predicted octanol–water partition coefficient (Wildman–Crippen LogP) is 3.12. The first-order valence-corrected chi connectivity index (χ1v) is 7.39. The molecular formula is C15H18ClF2NaO4. The number of epoxide rings is 1. The molecule has 1 unspecified atom stereocenters. The second-order valence-corrected chi connectivity index (χ2v) is 5.67. The Balaban J connectivity index is 0.00000264. The maximum atomic E-state index is 13.8. The maximum absolute atomic E-state index is 13.8. The summed E-state index contributed by atoms with van der Waals surface area (Å²) in [5.74, 6) is -4.26. The molecule has 0 aromatic heterocycles. The number of rotatable bonds is 9. The standard InChI is InChI=1S/C15H17ClF2O4.Na.H/c16-11-4-6-12(7-5-11)21-9-3-1-2-8-15(17,18)14(10-22-14)13(19)20;;/h4-7H,1-3,8-10H2,(H,19,20);;. The number of carboxylic acids is 1. The molecule has 1 aliphatic heterocycles. The molecule has 1 atom stereocenters. The molecule has 1 heterocycles. The van der Waals surface area contributed by atoms with Crippen molar-refractivity contribution in [3.05, 3.63) is 29.3 Å². The molecule has 0 bridgehead atoms. The normalized spacial score (nSPS) is 19.8. The molecule has 0 spiro atoms. The molecule has 23 heavy (non-hydrogen) atoms. The molecule has 1 fully saturated rings. The number of halogens is 3. The average Bonchev–Trinajstić information content (AvgIpc) is 3.26. The summed E-state index contributed by atoms with van der Waals surface area (Å²) < 4.78 is 37.5. The fourth-order valence-electron chi connectivity index (χ4n) is 2.11. The van der Waals surface area contributed by atoms with Crippen LogP contribution in [-0.4, -0.2) is 65.4 Å². The van der Waals surface area contributed by atoms with Crippen LogP contribution in [0, 0.1) is 0 Å². The monoisotopic (exact) mass is 358 g/mol. The van der Waals surface area contributed by atoms with Crippen LogP contribution in [0.3, 0.4) is 0 Å². The molecule has 4 nitrogen and oxygen atoms in total. The SMILES string of the molecule is O=C(O)C1(C(F)(F)CCCCCOc2ccc(Cl)cc2)CO1.[NaH]. The molecule has 0 radical (unpaired) electrons. The van der Waals surface area contributed by atoms with Gasteiger partial charge < -0.3 is 14.6 Å². The summed E-state index contributed by atoms with van der Waals surface area (Å²) in [6.07, 6.45) is 0.855. The first-order chi connectivity index (χ1) is 10.4. The molecule has 2 rings (SSSR count). The molecule has 1 saturated heterocycles. The third-order valence-corrected chi connectivity index (χ3v) is 3.84. The molecule has 1 N–H and O–H groups in total. The van der Waals surface area contributed by atoms with Crippen LogP contribution in [0.5, 0.6) is 5.75 Å². The summed E-state index contributed by atoms with van der Waals surface area (Å²) in [7, 11) is 0. The molecule has 0 aliphatic carbocycles. The van der Waals surface area contributed by atoms with Crippen molar-refractivity contribution in [3.8, 4) is 5.75 Å². The van der Waals surface area contributed by atoms with E-state index >= 15 is 0 Å². The Morgan fingerprint density at radius 3 is 2.43 bits per heavy atom. The minimum absolute atomic E-state index is 0. The number of unbranched alkanes of at least 4 members (excludes halogenated alkanes) is 2. The van der Waals surface area contributed by atoms with E-state index in [0.717, 1.165) is 0 Å². The predicted molar refractivity (Wildman–Crippen MR) is 83.8 cm³/mol. The number of benzene rings is 1. The van der Waals surface area contributed by atoms with Crippen LogP contribution >= 0.6 is 11.6 Å². The van der Waals surface area contributed by atoms with Gasteiger partial charge in [-0.3, -0.25) is 0 Å². The van der Waals surface area contributed by atoms with Crippen molar-refractivity contribution < 1.29 is 28.2 Å². The van der Waals surface area contributed by atoms with Crippen molar-refractivity contribution >= 4 is 47.1 Å². The molecule has 1 aliphatic rings. The zero-order valence-electron chi connectivity index (χ0n) is 11.9. The Morgan fingerprint density at radius 1 is 1.30 bits per heavy atom. The van der Waals surface area contributed by atoms with E-state index in [1.54, 1.807) is 24.3 Å². The number of hydrogen-bond acceptors (Lipinski definition) is 3. The summed E-state index contributed by atoms with van der Waals surface area (Å²) >= 11 is 5.74. The fourth-order valence-corrected chi connectivity index (χ4v) is 2.24. The summed E-state index contributed by atoms with van der Waals surface area (Å²) in [5.41, 5.74) is -2.30. The number of ether oxygens (including phenoxy) is 2. The van der Waals surface area contributed by atoms with Crippen LogP contribution in [0.4, 0.5) is 8.78 Å². The van der Waals surface area contributed by atoms with Crippen LogP contribution in [0.1, 0.15) is 25.7 Å². The zero-order valence-corrected chi connectivity index (χ0v) is 12.6. The molecule has 124 valence electrons. The molecule has 1 aromatic rings. The number of carbonyl (C=O) groups is 1. The quantitative estimate of drug-likeness (QED) is 0.418. The molecule has 8 heteroatoms. The third-order valence-electron chi connectivity index (χ3n) is 3.59. The van der Waals surface area contributed by atoms with Crippen molar-refractivity contribution in [1.29, 1.82) is 0 Å². The summed E-state index contributed by atoms with van der Waals surface area (Å²) in [6.45, 7) is -0.0111. The number of alkyl halides is 2. The first-order valence-electron chi connectivity index (χ1n) is 7.01. The van der Waals surface area contributed by atoms with Crippen molar-refractivity contribution in [2.75, 3.05) is 13.2 Å². The van der Waals surface area contributed by atoms with Crippen LogP contribution < -0.4 is 4.74 Å². The van der Waals surface area contributed by atoms with Gasteiger partial charge in [-0.2, -0.15) is 0 Å². The van der Waals surface area contributed by atoms with Crippen molar-refractivity contribution in [2.24, 2.45) is 0 Å². The first kappa shape index (κ1) is 20.6. The Kier molecular flexibility index (Phi) is 7.74. The van der Waals surface area contributed by atoms with Gasteiger partial charge in [0.1, 0.15) is 5.75 Å². The molecule has 0 saturated carbocycles. The number of carboxylic acid groups (broad SMARTS) is 1. The van der Waals surface area contributed by atoms with Gasteiger partial charge in [-0.15, -0.1) is 0 Å². The van der Waals surface area contributed by atoms with E-state index < -0.39 is 30.5 Å². The zero-order chi connectivity index (χ0) is 16.2. The Morgan fingerprint density at radius 2 is 1.91 bits per heavy atom. The molecular weight excluding hydrogens is 341 g/mol. The van der Waals surface area contributed by atoms with Crippen molar-refractivity contribution in [2.45, 2.75) is 37.2 Å². The van der Waals surface area contributed by atoms with E-state index in [0.29, 0.717) is 30.2 Å². The average molecular weight is 359 g/mol. The Bertz CT molecular complexity index is 521. The van der Waals surface area contributed by atoms with Crippen LogP contribution in [0.25, 0.3) is 0 Å². The van der Waals surface area contributed by atoms with E-state index in [1.165, 1.54) is 0 Å². The van der Waals surface area contributed by atoms with Gasteiger partial charge in [0, 0.05) is 11.4 Å². The topological polar surface area (TPSA) is 59.1 Å². The molecule has 1 aromatic carbocycles. The van der Waals surface area contributed by atoms with Gasteiger partial charge in [0.15, 0.2) is 0 Å². The second-order valence-electron chi connectivity index (χ2n) is 5.24. The van der Waals surface area contributed by atoms with Gasteiger partial charge in [0.25, 0.3) is 11.5 Å². The number of hydrogen-bond donors (Lipinski definition) is 1. The van der Waals surface area contributed by atoms with E-state index in [4.69, 9.17) is 21.4 Å². The van der Waals surface area contributed by atoms with E-state index in [-0.39, 0.29) is 36.0 Å². The second kappa shape index (κ2) is 8.62.